The van der Waals surface area contributed by atoms with Crippen LogP contribution in [0, 0.1) is 11.8 Å². The monoisotopic (exact) mass is 498 g/mol. The van der Waals surface area contributed by atoms with E-state index in [-0.39, 0.29) is 23.7 Å². The van der Waals surface area contributed by atoms with Crippen LogP contribution in [-0.4, -0.2) is 52.2 Å². The first-order valence-corrected chi connectivity index (χ1v) is 13.9. The van der Waals surface area contributed by atoms with Gasteiger partial charge in [0, 0.05) is 43.0 Å². The van der Waals surface area contributed by atoms with Crippen LogP contribution < -0.4 is 5.32 Å². The molecule has 6 nitrogen and oxygen atoms in total. The Bertz CT molecular complexity index is 1260. The summed E-state index contributed by atoms with van der Waals surface area (Å²) in [6.45, 7) is 7.21. The highest BCUT2D eigenvalue weighted by molar-refractivity contribution is 6.04. The van der Waals surface area contributed by atoms with E-state index in [1.54, 1.807) is 12.4 Å². The fourth-order valence-electron chi connectivity index (χ4n) is 5.88. The van der Waals surface area contributed by atoms with E-state index in [0.717, 1.165) is 75.2 Å². The average molecular weight is 499 g/mol. The van der Waals surface area contributed by atoms with Gasteiger partial charge in [0.2, 0.25) is 0 Å². The van der Waals surface area contributed by atoms with E-state index in [9.17, 15) is 9.59 Å². The smallest absolute Gasteiger partial charge is 0.253 e. The zero-order valence-electron chi connectivity index (χ0n) is 22.1. The van der Waals surface area contributed by atoms with E-state index in [1.807, 2.05) is 38.1 Å². The second-order valence-corrected chi connectivity index (χ2v) is 11.1. The molecule has 1 saturated carbocycles. The van der Waals surface area contributed by atoms with Crippen LogP contribution in [0.25, 0.3) is 11.0 Å². The Labute approximate surface area is 219 Å². The number of amides is 1. The third-order valence-electron chi connectivity index (χ3n) is 8.19. The first kappa shape index (κ1) is 25.5. The Kier molecular flexibility index (Phi) is 7.94. The lowest BCUT2D eigenvalue weighted by atomic mass is 9.84. The van der Waals surface area contributed by atoms with Crippen molar-refractivity contribution in [2.45, 2.75) is 64.8 Å². The van der Waals surface area contributed by atoms with Crippen molar-refractivity contribution < 1.29 is 9.59 Å². The summed E-state index contributed by atoms with van der Waals surface area (Å²) in [6, 6.07) is 12.1. The first-order chi connectivity index (χ1) is 18.0. The molecule has 0 atom stereocenters. The topological polar surface area (TPSA) is 75.2 Å². The molecule has 1 fully saturated rings. The number of fused-ring (bicyclic) bond motifs is 2. The standard InChI is InChI=1S/C31H38N4O2/c1-21(2)30(36)25-9-8-23-13-18-35(19-14-24(23)20-25)17-12-22-6-10-26(11-7-22)34-31(37)27-4-3-5-28-29(27)33-16-15-32-28/h3-5,8-9,15-16,20-22,26H,6-7,10-14,17-19H2,1-2H3,(H,34,37)/t22-,26-. The van der Waals surface area contributed by atoms with Gasteiger partial charge in [0.05, 0.1) is 11.1 Å². The van der Waals surface area contributed by atoms with Gasteiger partial charge in [-0.2, -0.15) is 0 Å². The summed E-state index contributed by atoms with van der Waals surface area (Å²) in [5, 5.41) is 3.25. The largest absolute Gasteiger partial charge is 0.349 e. The molecule has 194 valence electrons. The summed E-state index contributed by atoms with van der Waals surface area (Å²) in [6.07, 6.45) is 11.0. The summed E-state index contributed by atoms with van der Waals surface area (Å²) in [4.78, 5) is 36.7. The van der Waals surface area contributed by atoms with E-state index < -0.39 is 0 Å². The van der Waals surface area contributed by atoms with Crippen LogP contribution in [0.5, 0.6) is 0 Å². The Balaban J connectivity index is 1.08. The molecular weight excluding hydrogens is 460 g/mol. The van der Waals surface area contributed by atoms with Crippen molar-refractivity contribution in [1.82, 2.24) is 20.2 Å². The normalized spacial score (nSPS) is 20.4. The quantitative estimate of drug-likeness (QED) is 0.451. The van der Waals surface area contributed by atoms with Crippen LogP contribution in [0.15, 0.2) is 48.8 Å². The average Bonchev–Trinajstić information content (AvgIpc) is 3.13. The Morgan fingerprint density at radius 3 is 2.51 bits per heavy atom. The lowest BCUT2D eigenvalue weighted by molar-refractivity contribution is 0.0918. The second-order valence-electron chi connectivity index (χ2n) is 11.1. The van der Waals surface area contributed by atoms with Gasteiger partial charge in [-0.1, -0.05) is 32.0 Å². The number of rotatable bonds is 7. The SMILES string of the molecule is CC(C)C(=O)c1ccc2c(c1)CCN(CC[C@H]1CC[C@H](NC(=O)c3cccc4nccnc34)CC1)CC2. The third-order valence-corrected chi connectivity index (χ3v) is 8.19. The fourth-order valence-corrected chi connectivity index (χ4v) is 5.88. The van der Waals surface area contributed by atoms with Crippen molar-refractivity contribution in [1.29, 1.82) is 0 Å². The highest BCUT2D eigenvalue weighted by Crippen LogP contribution is 2.28. The van der Waals surface area contributed by atoms with Crippen molar-refractivity contribution in [3.63, 3.8) is 0 Å². The number of nitrogens with one attached hydrogen (secondary N) is 1. The van der Waals surface area contributed by atoms with Crippen LogP contribution in [0.3, 0.4) is 0 Å². The molecule has 2 aromatic carbocycles. The molecule has 6 heteroatoms. The maximum Gasteiger partial charge on any atom is 0.253 e. The molecule has 1 aliphatic carbocycles. The Hall–Kier alpha value is -3.12. The molecule has 1 amide bonds. The molecule has 0 bridgehead atoms. The number of carbonyl (C=O) groups is 2. The maximum absolute atomic E-state index is 13.0. The van der Waals surface area contributed by atoms with Crippen LogP contribution in [0.4, 0.5) is 0 Å². The number of benzene rings is 2. The summed E-state index contributed by atoms with van der Waals surface area (Å²) in [7, 11) is 0. The van der Waals surface area contributed by atoms with Crippen LogP contribution in [0.1, 0.15) is 77.8 Å². The molecule has 37 heavy (non-hydrogen) atoms. The molecule has 2 heterocycles. The summed E-state index contributed by atoms with van der Waals surface area (Å²) < 4.78 is 0. The Morgan fingerprint density at radius 1 is 0.973 bits per heavy atom. The number of para-hydroxylation sites is 1. The number of carbonyl (C=O) groups excluding carboxylic acids is 2. The Morgan fingerprint density at radius 2 is 1.73 bits per heavy atom. The third kappa shape index (κ3) is 6.07. The molecule has 0 spiro atoms. The predicted molar refractivity (Wildman–Crippen MR) is 147 cm³/mol. The van der Waals surface area contributed by atoms with Crippen LogP contribution in [0.2, 0.25) is 0 Å². The number of Topliss-reactive ketones (excluding diaryl/α,β-unsaturated/α-hetero) is 1. The molecule has 0 unspecified atom stereocenters. The first-order valence-electron chi connectivity index (χ1n) is 13.9. The minimum absolute atomic E-state index is 0.0382. The fraction of sp³-hybridized carbons (Fsp3) is 0.484. The van der Waals surface area contributed by atoms with Crippen molar-refractivity contribution in [3.05, 3.63) is 71.0 Å². The van der Waals surface area contributed by atoms with E-state index in [2.05, 4.69) is 32.3 Å². The van der Waals surface area contributed by atoms with Gasteiger partial charge in [-0.05, 0) is 86.7 Å². The number of ketones is 1. The second kappa shape index (κ2) is 11.5. The number of nitrogens with zero attached hydrogens (tertiary/aromatic N) is 3. The lowest BCUT2D eigenvalue weighted by Crippen LogP contribution is -2.38. The van der Waals surface area contributed by atoms with Crippen LogP contribution in [-0.2, 0) is 12.8 Å². The van der Waals surface area contributed by atoms with Gasteiger partial charge >= 0.3 is 0 Å². The van der Waals surface area contributed by atoms with E-state index in [0.29, 0.717) is 11.1 Å². The molecule has 1 aromatic heterocycles. The zero-order valence-corrected chi connectivity index (χ0v) is 22.1. The van der Waals surface area contributed by atoms with Gasteiger partial charge < -0.3 is 10.2 Å². The minimum Gasteiger partial charge on any atom is -0.349 e. The van der Waals surface area contributed by atoms with Crippen molar-refractivity contribution in [2.75, 3.05) is 19.6 Å². The van der Waals surface area contributed by atoms with Gasteiger partial charge in [0.25, 0.3) is 5.91 Å². The van der Waals surface area contributed by atoms with Gasteiger partial charge in [-0.15, -0.1) is 0 Å². The number of aromatic nitrogens is 2. The van der Waals surface area contributed by atoms with Crippen LogP contribution >= 0.6 is 0 Å². The lowest BCUT2D eigenvalue weighted by Gasteiger charge is -2.30. The van der Waals surface area contributed by atoms with Gasteiger partial charge in [-0.25, -0.2) is 0 Å². The summed E-state index contributed by atoms with van der Waals surface area (Å²) in [5.74, 6) is 0.951. The van der Waals surface area contributed by atoms with Gasteiger partial charge in [-0.3, -0.25) is 19.6 Å². The van der Waals surface area contributed by atoms with Crippen molar-refractivity contribution in [2.24, 2.45) is 11.8 Å². The molecule has 0 radical (unpaired) electrons. The van der Waals surface area contributed by atoms with E-state index >= 15 is 0 Å². The molecule has 1 N–H and O–H groups in total. The zero-order chi connectivity index (χ0) is 25.8. The summed E-state index contributed by atoms with van der Waals surface area (Å²) >= 11 is 0. The van der Waals surface area contributed by atoms with Crippen molar-refractivity contribution >= 4 is 22.7 Å². The highest BCUT2D eigenvalue weighted by Gasteiger charge is 2.25. The van der Waals surface area contributed by atoms with Gasteiger partial charge in [0.15, 0.2) is 5.78 Å². The number of hydrogen-bond donors (Lipinski definition) is 1. The molecule has 0 saturated heterocycles. The molecule has 2 aliphatic rings. The summed E-state index contributed by atoms with van der Waals surface area (Å²) in [5.41, 5.74) is 5.63. The van der Waals surface area contributed by atoms with E-state index in [1.165, 1.54) is 17.5 Å². The minimum atomic E-state index is -0.0445. The maximum atomic E-state index is 13.0. The molecule has 3 aromatic rings. The molecular formula is C31H38N4O2. The molecule has 1 aliphatic heterocycles. The predicted octanol–water partition coefficient (Wildman–Crippen LogP) is 5.25. The number of hydrogen-bond acceptors (Lipinski definition) is 5. The van der Waals surface area contributed by atoms with Gasteiger partial charge in [0.1, 0.15) is 5.52 Å². The van der Waals surface area contributed by atoms with E-state index in [4.69, 9.17) is 0 Å². The highest BCUT2D eigenvalue weighted by atomic mass is 16.1. The van der Waals surface area contributed by atoms with Crippen molar-refractivity contribution in [3.8, 4) is 0 Å². The molecule has 5 rings (SSSR count).